The van der Waals surface area contributed by atoms with Crippen LogP contribution in [0, 0.1) is 0 Å². The first kappa shape index (κ1) is 23.7. The van der Waals surface area contributed by atoms with Gasteiger partial charge in [-0.05, 0) is 62.6 Å². The number of ketones is 1. The minimum absolute atomic E-state index is 0.0288. The normalized spacial score (nSPS) is 16.8. The largest absolute Gasteiger partial charge is 0.491 e. The molecular formula is C27H30N4O5. The summed E-state index contributed by atoms with van der Waals surface area (Å²) >= 11 is 0. The third kappa shape index (κ3) is 5.16. The minimum atomic E-state index is -0.519. The van der Waals surface area contributed by atoms with Crippen LogP contribution in [0.1, 0.15) is 31.9 Å². The lowest BCUT2D eigenvalue weighted by Crippen LogP contribution is -2.49. The van der Waals surface area contributed by atoms with Gasteiger partial charge in [0.05, 0.1) is 6.04 Å². The van der Waals surface area contributed by atoms with Gasteiger partial charge in [-0.1, -0.05) is 12.1 Å². The Hall–Kier alpha value is -3.98. The van der Waals surface area contributed by atoms with Gasteiger partial charge in [-0.3, -0.25) is 10.2 Å². The van der Waals surface area contributed by atoms with E-state index in [1.54, 1.807) is 0 Å². The van der Waals surface area contributed by atoms with E-state index in [1.165, 1.54) is 5.56 Å². The molecule has 1 amide bonds. The maximum Gasteiger partial charge on any atom is 0.422 e. The van der Waals surface area contributed by atoms with Crippen LogP contribution in [0.3, 0.4) is 0 Å². The number of carbonyl (C=O) groups excluding carboxylic acids is 2. The number of benzene rings is 2. The van der Waals surface area contributed by atoms with Crippen LogP contribution in [-0.2, 0) is 22.4 Å². The number of nitrogens with one attached hydrogen (secondary N) is 4. The molecule has 188 valence electrons. The Labute approximate surface area is 208 Å². The van der Waals surface area contributed by atoms with Crippen molar-refractivity contribution >= 4 is 33.7 Å². The third-order valence-corrected chi connectivity index (χ3v) is 5.96. The maximum atomic E-state index is 11.7. The number of hydrazine groups is 1. The van der Waals surface area contributed by atoms with Crippen LogP contribution < -0.4 is 20.3 Å². The molecule has 0 radical (unpaired) electrons. The molecule has 2 aliphatic rings. The van der Waals surface area contributed by atoms with Crippen LogP contribution in [0.4, 0.5) is 4.79 Å². The fraction of sp³-hybridized carbons (Fsp3) is 0.333. The average molecular weight is 491 g/mol. The molecule has 2 aliphatic heterocycles. The van der Waals surface area contributed by atoms with Gasteiger partial charge in [-0.25, -0.2) is 10.2 Å². The van der Waals surface area contributed by atoms with Gasteiger partial charge < -0.3 is 24.2 Å². The van der Waals surface area contributed by atoms with Gasteiger partial charge in [-0.2, -0.15) is 0 Å². The number of rotatable bonds is 2. The molecule has 4 N–H and O–H groups in total. The van der Waals surface area contributed by atoms with E-state index in [9.17, 15) is 9.59 Å². The quantitative estimate of drug-likeness (QED) is 0.313. The Morgan fingerprint density at radius 2 is 1.61 bits per heavy atom. The number of aromatic nitrogens is 2. The molecule has 0 fully saturated rings. The van der Waals surface area contributed by atoms with Crippen LogP contribution in [0.25, 0.3) is 21.8 Å². The highest BCUT2D eigenvalue weighted by Gasteiger charge is 2.22. The van der Waals surface area contributed by atoms with Gasteiger partial charge in [0.1, 0.15) is 30.3 Å². The number of carbonyl (C=O) groups is 2. The highest BCUT2D eigenvalue weighted by molar-refractivity contribution is 5.95. The Bertz CT molecular complexity index is 1410. The highest BCUT2D eigenvalue weighted by atomic mass is 16.6. The zero-order valence-corrected chi connectivity index (χ0v) is 20.6. The SMILES string of the molecule is CC(C)(C)OC(=O)NNC1COc2cccc3[nH]cc(c23)C1.O=C1COc2cccc3[nH]cc(c23)C1. The van der Waals surface area contributed by atoms with Crippen molar-refractivity contribution in [1.82, 2.24) is 20.8 Å². The number of H-pyrrole nitrogens is 2. The summed E-state index contributed by atoms with van der Waals surface area (Å²) in [5, 5.41) is 2.17. The molecule has 0 aliphatic carbocycles. The van der Waals surface area contributed by atoms with Crippen LogP contribution in [-0.4, -0.2) is 46.7 Å². The van der Waals surface area contributed by atoms with E-state index in [4.69, 9.17) is 14.2 Å². The molecule has 9 nitrogen and oxygen atoms in total. The number of Topliss-reactive ketones (excluding diaryl/α,β-unsaturated/α-hetero) is 1. The van der Waals surface area contributed by atoms with Crippen LogP contribution in [0.5, 0.6) is 11.5 Å². The van der Waals surface area contributed by atoms with E-state index >= 15 is 0 Å². The minimum Gasteiger partial charge on any atom is -0.491 e. The molecule has 0 spiro atoms. The van der Waals surface area contributed by atoms with Crippen molar-refractivity contribution in [2.45, 2.75) is 45.3 Å². The molecular weight excluding hydrogens is 460 g/mol. The number of hydrogen-bond acceptors (Lipinski definition) is 6. The van der Waals surface area contributed by atoms with E-state index in [0.717, 1.165) is 45.3 Å². The summed E-state index contributed by atoms with van der Waals surface area (Å²) in [4.78, 5) is 29.4. The van der Waals surface area contributed by atoms with E-state index in [-0.39, 0.29) is 18.4 Å². The number of hydrogen-bond donors (Lipinski definition) is 4. The van der Waals surface area contributed by atoms with Gasteiger partial charge in [0.25, 0.3) is 0 Å². The highest BCUT2D eigenvalue weighted by Crippen LogP contribution is 2.32. The van der Waals surface area contributed by atoms with Gasteiger partial charge >= 0.3 is 6.09 Å². The van der Waals surface area contributed by atoms with Crippen LogP contribution >= 0.6 is 0 Å². The molecule has 9 heteroatoms. The Morgan fingerprint density at radius 1 is 0.972 bits per heavy atom. The molecule has 4 aromatic rings. The molecule has 6 rings (SSSR count). The summed E-state index contributed by atoms with van der Waals surface area (Å²) in [7, 11) is 0. The van der Waals surface area contributed by atoms with Gasteiger partial charge in [0.2, 0.25) is 0 Å². The summed E-state index contributed by atoms with van der Waals surface area (Å²) in [5.74, 6) is 1.81. The van der Waals surface area contributed by atoms with Crippen molar-refractivity contribution in [2.24, 2.45) is 0 Å². The molecule has 1 atom stereocenters. The first-order valence-electron chi connectivity index (χ1n) is 12.0. The van der Waals surface area contributed by atoms with Crippen molar-refractivity contribution in [3.8, 4) is 11.5 Å². The summed E-state index contributed by atoms with van der Waals surface area (Å²) in [6, 6.07) is 11.7. The summed E-state index contributed by atoms with van der Waals surface area (Å²) in [6.45, 7) is 6.15. The smallest absolute Gasteiger partial charge is 0.422 e. The predicted octanol–water partition coefficient (Wildman–Crippen LogP) is 4.17. The van der Waals surface area contributed by atoms with E-state index in [2.05, 4.69) is 20.8 Å². The number of aromatic amines is 2. The number of amides is 1. The molecule has 2 aromatic carbocycles. The van der Waals surface area contributed by atoms with E-state index < -0.39 is 11.7 Å². The van der Waals surface area contributed by atoms with Gasteiger partial charge in [0, 0.05) is 40.6 Å². The fourth-order valence-corrected chi connectivity index (χ4v) is 4.47. The lowest BCUT2D eigenvalue weighted by Gasteiger charge is -2.22. The second kappa shape index (κ2) is 9.58. The van der Waals surface area contributed by atoms with Crippen LogP contribution in [0.2, 0.25) is 0 Å². The molecule has 36 heavy (non-hydrogen) atoms. The van der Waals surface area contributed by atoms with Crippen molar-refractivity contribution in [2.75, 3.05) is 13.2 Å². The topological polar surface area (TPSA) is 117 Å². The van der Waals surface area contributed by atoms with Crippen molar-refractivity contribution in [1.29, 1.82) is 0 Å². The zero-order chi connectivity index (χ0) is 25.3. The van der Waals surface area contributed by atoms with E-state index in [0.29, 0.717) is 13.0 Å². The lowest BCUT2D eigenvalue weighted by molar-refractivity contribution is -0.120. The summed E-state index contributed by atoms with van der Waals surface area (Å²) < 4.78 is 16.5. The summed E-state index contributed by atoms with van der Waals surface area (Å²) in [5.41, 5.74) is 9.37. The average Bonchev–Trinajstić information content (AvgIpc) is 3.32. The first-order chi connectivity index (χ1) is 17.3. The molecule has 0 bridgehead atoms. The molecule has 1 unspecified atom stereocenters. The molecule has 2 aromatic heterocycles. The Morgan fingerprint density at radius 3 is 2.31 bits per heavy atom. The molecule has 0 saturated carbocycles. The van der Waals surface area contributed by atoms with Crippen molar-refractivity contribution < 1.29 is 23.8 Å². The zero-order valence-electron chi connectivity index (χ0n) is 20.6. The standard InChI is InChI=1S/C16H21N3O3.C11H9NO2/c1-16(2,3)22-15(20)19-18-11-7-10-8-17-12-5-4-6-13(14(10)12)21-9-11;13-8-4-7-5-12-9-2-1-3-10(11(7)9)14-6-8/h4-6,8,11,17-18H,7,9H2,1-3H3,(H,19,20);1-3,5,12H,4,6H2. The first-order valence-corrected chi connectivity index (χ1v) is 12.0. The fourth-order valence-electron chi connectivity index (χ4n) is 4.47. The maximum absolute atomic E-state index is 11.7. The second-order valence-electron chi connectivity index (χ2n) is 9.97. The molecule has 4 heterocycles. The lowest BCUT2D eigenvalue weighted by atomic mass is 10.1. The second-order valence-corrected chi connectivity index (χ2v) is 9.97. The van der Waals surface area contributed by atoms with Crippen molar-refractivity contribution in [3.05, 3.63) is 59.9 Å². The Balaban J connectivity index is 0.000000163. The number of ether oxygens (including phenoxy) is 3. The van der Waals surface area contributed by atoms with E-state index in [1.807, 2.05) is 69.6 Å². The van der Waals surface area contributed by atoms with Gasteiger partial charge in [0.15, 0.2) is 5.78 Å². The Kier molecular flexibility index (Phi) is 6.32. The van der Waals surface area contributed by atoms with Gasteiger partial charge in [-0.15, -0.1) is 0 Å². The van der Waals surface area contributed by atoms with Crippen LogP contribution in [0.15, 0.2) is 48.8 Å². The van der Waals surface area contributed by atoms with Crippen molar-refractivity contribution in [3.63, 3.8) is 0 Å². The monoisotopic (exact) mass is 490 g/mol. The predicted molar refractivity (Wildman–Crippen MR) is 136 cm³/mol. The third-order valence-electron chi connectivity index (χ3n) is 5.96. The summed E-state index contributed by atoms with van der Waals surface area (Å²) in [6.07, 6.45) is 4.61. The molecule has 0 saturated heterocycles.